The molecule has 108 valence electrons. The average Bonchev–Trinajstić information content (AvgIpc) is 2.40. The maximum Gasteiger partial charge on any atom is 0.339 e. The number of benzene rings is 2. The predicted molar refractivity (Wildman–Crippen MR) is 79.3 cm³/mol. The first-order valence-electron chi connectivity index (χ1n) is 5.53. The molecule has 0 amide bonds. The van der Waals surface area contributed by atoms with Crippen LogP contribution in [0, 0.1) is 10.1 Å². The largest absolute Gasteiger partial charge is 0.478 e. The Labute approximate surface area is 132 Å². The van der Waals surface area contributed by atoms with Crippen LogP contribution in [0.25, 0.3) is 0 Å². The van der Waals surface area contributed by atoms with Gasteiger partial charge in [0.15, 0.2) is 0 Å². The highest BCUT2D eigenvalue weighted by atomic mass is 79.9. The van der Waals surface area contributed by atoms with E-state index in [9.17, 15) is 14.9 Å². The van der Waals surface area contributed by atoms with Gasteiger partial charge in [0.1, 0.15) is 11.3 Å². The Hall–Kier alpha value is -2.12. The van der Waals surface area contributed by atoms with E-state index in [-0.39, 0.29) is 27.8 Å². The third kappa shape index (κ3) is 3.50. The molecule has 0 saturated carbocycles. The van der Waals surface area contributed by atoms with E-state index in [1.54, 1.807) is 0 Å². The van der Waals surface area contributed by atoms with Gasteiger partial charge < -0.3 is 9.84 Å². The maximum atomic E-state index is 11.2. The number of hydrogen-bond donors (Lipinski definition) is 1. The van der Waals surface area contributed by atoms with E-state index >= 15 is 0 Å². The number of carboxylic acids is 1. The van der Waals surface area contributed by atoms with E-state index in [1.807, 2.05) is 0 Å². The SMILES string of the molecule is O=C(O)c1cc(Cl)ccc1Oc1cc(Br)ccc1[N+](=O)[O-]. The van der Waals surface area contributed by atoms with Crippen LogP contribution in [0.1, 0.15) is 10.4 Å². The lowest BCUT2D eigenvalue weighted by Gasteiger charge is -2.09. The zero-order valence-corrected chi connectivity index (χ0v) is 12.6. The van der Waals surface area contributed by atoms with E-state index in [2.05, 4.69) is 15.9 Å². The maximum absolute atomic E-state index is 11.2. The van der Waals surface area contributed by atoms with Gasteiger partial charge in [0.2, 0.25) is 5.75 Å². The fraction of sp³-hybridized carbons (Fsp3) is 0. The van der Waals surface area contributed by atoms with Crippen molar-refractivity contribution in [2.75, 3.05) is 0 Å². The molecule has 0 aliphatic heterocycles. The molecule has 0 atom stereocenters. The summed E-state index contributed by atoms with van der Waals surface area (Å²) in [4.78, 5) is 21.5. The molecule has 0 saturated heterocycles. The molecule has 2 rings (SSSR count). The summed E-state index contributed by atoms with van der Waals surface area (Å²) in [6.07, 6.45) is 0. The van der Waals surface area contributed by atoms with E-state index < -0.39 is 10.9 Å². The van der Waals surface area contributed by atoms with Gasteiger partial charge in [-0.15, -0.1) is 0 Å². The smallest absolute Gasteiger partial charge is 0.339 e. The lowest BCUT2D eigenvalue weighted by atomic mass is 10.2. The summed E-state index contributed by atoms with van der Waals surface area (Å²) < 4.78 is 5.95. The van der Waals surface area contributed by atoms with Crippen LogP contribution in [0.15, 0.2) is 40.9 Å². The number of nitro groups is 1. The van der Waals surface area contributed by atoms with Crippen LogP contribution in [-0.4, -0.2) is 16.0 Å². The molecule has 6 nitrogen and oxygen atoms in total. The van der Waals surface area contributed by atoms with Crippen molar-refractivity contribution in [1.29, 1.82) is 0 Å². The Morgan fingerprint density at radius 1 is 1.24 bits per heavy atom. The normalized spacial score (nSPS) is 10.2. The lowest BCUT2D eigenvalue weighted by Crippen LogP contribution is -2.01. The van der Waals surface area contributed by atoms with Crippen LogP contribution in [0.3, 0.4) is 0 Å². The Morgan fingerprint density at radius 2 is 1.95 bits per heavy atom. The number of carbonyl (C=O) groups is 1. The predicted octanol–water partition coefficient (Wildman–Crippen LogP) is 4.50. The van der Waals surface area contributed by atoms with Crippen LogP contribution >= 0.6 is 27.5 Å². The summed E-state index contributed by atoms with van der Waals surface area (Å²) in [5.41, 5.74) is -0.457. The van der Waals surface area contributed by atoms with Gasteiger partial charge in [-0.05, 0) is 24.3 Å². The highest BCUT2D eigenvalue weighted by Crippen LogP contribution is 2.35. The topological polar surface area (TPSA) is 89.7 Å². The van der Waals surface area contributed by atoms with Crippen molar-refractivity contribution in [1.82, 2.24) is 0 Å². The van der Waals surface area contributed by atoms with Crippen LogP contribution < -0.4 is 4.74 Å². The molecule has 1 N–H and O–H groups in total. The summed E-state index contributed by atoms with van der Waals surface area (Å²) in [7, 11) is 0. The van der Waals surface area contributed by atoms with Crippen molar-refractivity contribution in [2.45, 2.75) is 0 Å². The number of ether oxygens (including phenoxy) is 1. The lowest BCUT2D eigenvalue weighted by molar-refractivity contribution is -0.385. The number of carboxylic acid groups (broad SMARTS) is 1. The Balaban J connectivity index is 2.50. The van der Waals surface area contributed by atoms with Crippen molar-refractivity contribution >= 4 is 39.2 Å². The van der Waals surface area contributed by atoms with Crippen molar-refractivity contribution in [3.63, 3.8) is 0 Å². The molecule has 0 unspecified atom stereocenters. The summed E-state index contributed by atoms with van der Waals surface area (Å²) >= 11 is 8.91. The molecule has 0 aromatic heterocycles. The van der Waals surface area contributed by atoms with Gasteiger partial charge in [-0.3, -0.25) is 10.1 Å². The van der Waals surface area contributed by atoms with Crippen LogP contribution in [0.2, 0.25) is 5.02 Å². The summed E-state index contributed by atoms with van der Waals surface area (Å²) in [6, 6.07) is 8.13. The zero-order valence-electron chi connectivity index (χ0n) is 10.2. The fourth-order valence-electron chi connectivity index (χ4n) is 1.60. The molecular formula is C13H7BrClNO5. The summed E-state index contributed by atoms with van der Waals surface area (Å²) in [5.74, 6) is -1.35. The number of halogens is 2. The number of aromatic carboxylic acids is 1. The third-order valence-corrected chi connectivity index (χ3v) is 3.24. The van der Waals surface area contributed by atoms with E-state index in [0.717, 1.165) is 0 Å². The van der Waals surface area contributed by atoms with Gasteiger partial charge in [-0.1, -0.05) is 27.5 Å². The molecule has 0 aliphatic carbocycles. The molecule has 0 bridgehead atoms. The average molecular weight is 373 g/mol. The number of rotatable bonds is 4. The second kappa shape index (κ2) is 6.11. The molecule has 0 radical (unpaired) electrons. The first-order chi connectivity index (χ1) is 9.88. The number of nitro benzene ring substituents is 1. The molecule has 0 fully saturated rings. The second-order valence-electron chi connectivity index (χ2n) is 3.92. The molecule has 21 heavy (non-hydrogen) atoms. The van der Waals surface area contributed by atoms with E-state index in [4.69, 9.17) is 21.4 Å². The highest BCUT2D eigenvalue weighted by Gasteiger charge is 2.19. The molecule has 0 spiro atoms. The summed E-state index contributed by atoms with van der Waals surface area (Å²) in [5, 5.41) is 20.3. The minimum atomic E-state index is -1.25. The van der Waals surface area contributed by atoms with Gasteiger partial charge in [-0.2, -0.15) is 0 Å². The first-order valence-corrected chi connectivity index (χ1v) is 6.70. The number of nitrogens with zero attached hydrogens (tertiary/aromatic N) is 1. The van der Waals surface area contributed by atoms with Crippen LogP contribution in [-0.2, 0) is 0 Å². The molecule has 0 heterocycles. The quantitative estimate of drug-likeness (QED) is 0.630. The first kappa shape index (κ1) is 15.3. The fourth-order valence-corrected chi connectivity index (χ4v) is 2.11. The van der Waals surface area contributed by atoms with Crippen molar-refractivity contribution in [2.24, 2.45) is 0 Å². The van der Waals surface area contributed by atoms with Gasteiger partial charge in [-0.25, -0.2) is 4.79 Å². The van der Waals surface area contributed by atoms with Crippen molar-refractivity contribution < 1.29 is 19.6 Å². The minimum Gasteiger partial charge on any atom is -0.478 e. The Morgan fingerprint density at radius 3 is 2.57 bits per heavy atom. The minimum absolute atomic E-state index is 0.0342. The van der Waals surface area contributed by atoms with Crippen molar-refractivity contribution in [3.8, 4) is 11.5 Å². The zero-order chi connectivity index (χ0) is 15.6. The molecule has 2 aromatic carbocycles. The standard InChI is InChI=1S/C13H7BrClNO5/c14-7-1-3-10(16(19)20)12(5-7)21-11-4-2-8(15)6-9(11)13(17)18/h1-6H,(H,17,18). The molecular weight excluding hydrogens is 366 g/mol. The highest BCUT2D eigenvalue weighted by molar-refractivity contribution is 9.10. The Bertz CT molecular complexity index is 734. The number of hydrogen-bond acceptors (Lipinski definition) is 4. The van der Waals surface area contributed by atoms with Crippen LogP contribution in [0.4, 0.5) is 5.69 Å². The van der Waals surface area contributed by atoms with E-state index in [0.29, 0.717) is 4.47 Å². The second-order valence-corrected chi connectivity index (χ2v) is 5.27. The van der Waals surface area contributed by atoms with Crippen molar-refractivity contribution in [3.05, 3.63) is 61.6 Å². The van der Waals surface area contributed by atoms with E-state index in [1.165, 1.54) is 36.4 Å². The molecule has 8 heteroatoms. The monoisotopic (exact) mass is 371 g/mol. The van der Waals surface area contributed by atoms with Gasteiger partial charge in [0.05, 0.1) is 4.92 Å². The van der Waals surface area contributed by atoms with Gasteiger partial charge >= 0.3 is 11.7 Å². The molecule has 2 aromatic rings. The van der Waals surface area contributed by atoms with Gasteiger partial charge in [0, 0.05) is 21.6 Å². The third-order valence-electron chi connectivity index (χ3n) is 2.51. The van der Waals surface area contributed by atoms with Gasteiger partial charge in [0.25, 0.3) is 0 Å². The van der Waals surface area contributed by atoms with Crippen LogP contribution in [0.5, 0.6) is 11.5 Å². The molecule has 0 aliphatic rings. The Kier molecular flexibility index (Phi) is 4.44. The summed E-state index contributed by atoms with van der Waals surface area (Å²) in [6.45, 7) is 0.